The fourth-order valence-corrected chi connectivity index (χ4v) is 1.26. The van der Waals surface area contributed by atoms with Gasteiger partial charge in [-0.1, -0.05) is 44.2 Å². The van der Waals surface area contributed by atoms with Crippen molar-refractivity contribution in [2.24, 2.45) is 5.92 Å². The van der Waals surface area contributed by atoms with Gasteiger partial charge in [0.25, 0.3) is 0 Å². The third kappa shape index (κ3) is 1.90. The monoisotopic (exact) mass is 180 g/mol. The van der Waals surface area contributed by atoms with Gasteiger partial charge in [-0.05, 0) is 18.4 Å². The SMILES string of the molecule is CC(C)C(C)(OO)c1ccccc1. The Morgan fingerprint density at radius 2 is 1.77 bits per heavy atom. The molecule has 1 unspecified atom stereocenters. The standard InChI is InChI=1S/C11H16O2/c1-9(2)11(3,13-12)10-7-5-4-6-8-10/h4-9,12H,1-3H3. The lowest BCUT2D eigenvalue weighted by Crippen LogP contribution is -2.30. The number of benzene rings is 1. The van der Waals surface area contributed by atoms with E-state index in [1.165, 1.54) is 0 Å². The van der Waals surface area contributed by atoms with Gasteiger partial charge >= 0.3 is 0 Å². The highest BCUT2D eigenvalue weighted by atomic mass is 17.1. The summed E-state index contributed by atoms with van der Waals surface area (Å²) < 4.78 is 0. The van der Waals surface area contributed by atoms with Crippen LogP contribution in [0.1, 0.15) is 26.3 Å². The fraction of sp³-hybridized carbons (Fsp3) is 0.455. The molecule has 0 aliphatic carbocycles. The molecule has 13 heavy (non-hydrogen) atoms. The van der Waals surface area contributed by atoms with E-state index < -0.39 is 5.60 Å². The second-order valence-corrected chi connectivity index (χ2v) is 3.72. The van der Waals surface area contributed by atoms with Crippen molar-refractivity contribution < 1.29 is 10.1 Å². The van der Waals surface area contributed by atoms with Crippen molar-refractivity contribution in [1.29, 1.82) is 0 Å². The van der Waals surface area contributed by atoms with Gasteiger partial charge in [0.05, 0.1) is 0 Å². The van der Waals surface area contributed by atoms with Crippen molar-refractivity contribution in [3.63, 3.8) is 0 Å². The number of hydrogen-bond donors (Lipinski definition) is 1. The molecule has 0 spiro atoms. The molecule has 0 saturated heterocycles. The lowest BCUT2D eigenvalue weighted by molar-refractivity contribution is -0.336. The molecule has 0 saturated carbocycles. The number of hydrogen-bond acceptors (Lipinski definition) is 2. The molecule has 0 bridgehead atoms. The topological polar surface area (TPSA) is 29.5 Å². The molecule has 0 radical (unpaired) electrons. The van der Waals surface area contributed by atoms with E-state index in [1.54, 1.807) is 0 Å². The van der Waals surface area contributed by atoms with Crippen LogP contribution >= 0.6 is 0 Å². The molecule has 1 atom stereocenters. The minimum absolute atomic E-state index is 0.222. The Hall–Kier alpha value is -0.860. The van der Waals surface area contributed by atoms with Crippen LogP contribution in [0.4, 0.5) is 0 Å². The van der Waals surface area contributed by atoms with Gasteiger partial charge in [-0.2, -0.15) is 0 Å². The maximum Gasteiger partial charge on any atom is 0.128 e. The lowest BCUT2D eigenvalue weighted by Gasteiger charge is -2.30. The Morgan fingerprint density at radius 3 is 2.15 bits per heavy atom. The molecule has 0 amide bonds. The lowest BCUT2D eigenvalue weighted by atomic mass is 9.85. The molecular weight excluding hydrogens is 164 g/mol. The highest BCUT2D eigenvalue weighted by Gasteiger charge is 2.31. The van der Waals surface area contributed by atoms with Gasteiger partial charge in [-0.3, -0.25) is 5.26 Å². The third-order valence-electron chi connectivity index (χ3n) is 2.64. The predicted molar refractivity (Wildman–Crippen MR) is 52.3 cm³/mol. The van der Waals surface area contributed by atoms with Gasteiger partial charge in [0.15, 0.2) is 0 Å². The van der Waals surface area contributed by atoms with Gasteiger partial charge in [0, 0.05) is 0 Å². The zero-order valence-corrected chi connectivity index (χ0v) is 8.32. The minimum Gasteiger partial charge on any atom is -0.251 e. The molecule has 0 heterocycles. The summed E-state index contributed by atoms with van der Waals surface area (Å²) in [7, 11) is 0. The van der Waals surface area contributed by atoms with E-state index in [9.17, 15) is 0 Å². The first-order chi connectivity index (χ1) is 6.11. The first kappa shape index (κ1) is 10.2. The highest BCUT2D eigenvalue weighted by molar-refractivity contribution is 5.22. The Labute approximate surface area is 79.1 Å². The largest absolute Gasteiger partial charge is 0.251 e. The highest BCUT2D eigenvalue weighted by Crippen LogP contribution is 2.31. The molecule has 2 nitrogen and oxygen atoms in total. The van der Waals surface area contributed by atoms with Crippen LogP contribution in [0.2, 0.25) is 0 Å². The van der Waals surface area contributed by atoms with Gasteiger partial charge in [0.2, 0.25) is 0 Å². The van der Waals surface area contributed by atoms with Crippen molar-refractivity contribution in [1.82, 2.24) is 0 Å². The van der Waals surface area contributed by atoms with E-state index in [4.69, 9.17) is 5.26 Å². The maximum absolute atomic E-state index is 8.91. The van der Waals surface area contributed by atoms with E-state index in [0.29, 0.717) is 0 Å². The van der Waals surface area contributed by atoms with Crippen LogP contribution < -0.4 is 0 Å². The first-order valence-electron chi connectivity index (χ1n) is 4.49. The molecule has 0 aromatic heterocycles. The van der Waals surface area contributed by atoms with Crippen molar-refractivity contribution in [3.8, 4) is 0 Å². The molecule has 1 aromatic carbocycles. The molecule has 0 aliphatic heterocycles. The normalized spacial score (nSPS) is 15.8. The van der Waals surface area contributed by atoms with Crippen molar-refractivity contribution in [2.75, 3.05) is 0 Å². The van der Waals surface area contributed by atoms with E-state index >= 15 is 0 Å². The second-order valence-electron chi connectivity index (χ2n) is 3.72. The average Bonchev–Trinajstić information content (AvgIpc) is 2.17. The molecule has 72 valence electrons. The average molecular weight is 180 g/mol. The summed E-state index contributed by atoms with van der Waals surface area (Å²) in [5, 5.41) is 8.91. The van der Waals surface area contributed by atoms with Crippen molar-refractivity contribution in [2.45, 2.75) is 26.4 Å². The van der Waals surface area contributed by atoms with Crippen LogP contribution in [0.3, 0.4) is 0 Å². The smallest absolute Gasteiger partial charge is 0.128 e. The van der Waals surface area contributed by atoms with Gasteiger partial charge < -0.3 is 0 Å². The Balaban J connectivity index is 3.03. The summed E-state index contributed by atoms with van der Waals surface area (Å²) in [6, 6.07) is 9.73. The Kier molecular flexibility index (Phi) is 3.07. The summed E-state index contributed by atoms with van der Waals surface area (Å²) in [6.07, 6.45) is 0. The quantitative estimate of drug-likeness (QED) is 0.572. The Bertz CT molecular complexity index is 256. The molecule has 0 fully saturated rings. The van der Waals surface area contributed by atoms with Gasteiger partial charge in [0.1, 0.15) is 5.60 Å². The second kappa shape index (κ2) is 3.90. The number of rotatable bonds is 3. The molecule has 1 aromatic rings. The summed E-state index contributed by atoms with van der Waals surface area (Å²) in [5.41, 5.74) is 0.383. The van der Waals surface area contributed by atoms with Crippen LogP contribution in [0.15, 0.2) is 30.3 Å². The van der Waals surface area contributed by atoms with Crippen LogP contribution in [0.5, 0.6) is 0 Å². The molecule has 1 N–H and O–H groups in total. The fourth-order valence-electron chi connectivity index (χ4n) is 1.26. The van der Waals surface area contributed by atoms with Crippen molar-refractivity contribution >= 4 is 0 Å². The van der Waals surface area contributed by atoms with Crippen molar-refractivity contribution in [3.05, 3.63) is 35.9 Å². The molecule has 2 heteroatoms. The summed E-state index contributed by atoms with van der Waals surface area (Å²) in [5.74, 6) is 0.222. The first-order valence-corrected chi connectivity index (χ1v) is 4.49. The van der Waals surface area contributed by atoms with E-state index in [-0.39, 0.29) is 5.92 Å². The maximum atomic E-state index is 8.91. The third-order valence-corrected chi connectivity index (χ3v) is 2.64. The van der Waals surface area contributed by atoms with E-state index in [1.807, 2.05) is 51.1 Å². The predicted octanol–water partition coefficient (Wildman–Crippen LogP) is 3.05. The van der Waals surface area contributed by atoms with Gasteiger partial charge in [-0.15, -0.1) is 0 Å². The van der Waals surface area contributed by atoms with E-state index in [2.05, 4.69) is 4.89 Å². The summed E-state index contributed by atoms with van der Waals surface area (Å²) >= 11 is 0. The molecule has 1 rings (SSSR count). The van der Waals surface area contributed by atoms with Crippen LogP contribution in [-0.4, -0.2) is 5.26 Å². The van der Waals surface area contributed by atoms with E-state index in [0.717, 1.165) is 5.56 Å². The van der Waals surface area contributed by atoms with Gasteiger partial charge in [-0.25, -0.2) is 4.89 Å². The molecular formula is C11H16O2. The van der Waals surface area contributed by atoms with Crippen LogP contribution in [-0.2, 0) is 10.5 Å². The van der Waals surface area contributed by atoms with Crippen LogP contribution in [0.25, 0.3) is 0 Å². The summed E-state index contributed by atoms with van der Waals surface area (Å²) in [4.78, 5) is 4.59. The summed E-state index contributed by atoms with van der Waals surface area (Å²) in [6.45, 7) is 5.92. The zero-order chi connectivity index (χ0) is 9.90. The Morgan fingerprint density at radius 1 is 1.23 bits per heavy atom. The van der Waals surface area contributed by atoms with Crippen LogP contribution in [0, 0.1) is 5.92 Å². The molecule has 0 aliphatic rings. The zero-order valence-electron chi connectivity index (χ0n) is 8.32. The minimum atomic E-state index is -0.610.